The molecule has 4 rings (SSSR count). The number of fused-ring (bicyclic) bond motifs is 3. The number of carbonyl (C=O) groups is 1. The standard InChI is InChI=1S/C21H25BrF3N4O2PS/c1-20(2,3)31-19(30)29-10-5-6-11(29)9-28(8-10)17-12-7-13(21(23,24)25)14(22)16(32)15(12)26-18(27-17)33-4/h7,10-11H,5-6,8-9,32H2,1-4H3. The zero-order valence-corrected chi connectivity index (χ0v) is 22.2. The molecule has 6 nitrogen and oxygen atoms in total. The molecule has 2 aliphatic heterocycles. The normalized spacial score (nSPS) is 21.1. The second-order valence-corrected chi connectivity index (χ2v) is 11.4. The Morgan fingerprint density at radius 3 is 2.33 bits per heavy atom. The summed E-state index contributed by atoms with van der Waals surface area (Å²) in [4.78, 5) is 25.7. The molecule has 1 amide bonds. The molecule has 12 heteroatoms. The molecular weight excluding hydrogens is 540 g/mol. The number of benzene rings is 1. The third-order valence-corrected chi connectivity index (χ3v) is 8.18. The van der Waals surface area contributed by atoms with Gasteiger partial charge in [0.15, 0.2) is 5.16 Å². The molecule has 2 saturated heterocycles. The minimum Gasteiger partial charge on any atom is -0.444 e. The van der Waals surface area contributed by atoms with Crippen molar-refractivity contribution in [1.29, 1.82) is 0 Å². The quantitative estimate of drug-likeness (QED) is 0.283. The van der Waals surface area contributed by atoms with Gasteiger partial charge in [-0.15, -0.1) is 9.24 Å². The topological polar surface area (TPSA) is 58.6 Å². The molecule has 0 aliphatic carbocycles. The van der Waals surface area contributed by atoms with E-state index in [-0.39, 0.29) is 22.6 Å². The van der Waals surface area contributed by atoms with Crippen LogP contribution in [0, 0.1) is 0 Å². The third kappa shape index (κ3) is 4.78. The van der Waals surface area contributed by atoms with Crippen molar-refractivity contribution in [1.82, 2.24) is 14.9 Å². The number of thioether (sulfide) groups is 1. The number of halogens is 4. The monoisotopic (exact) mass is 564 g/mol. The summed E-state index contributed by atoms with van der Waals surface area (Å²) in [5.41, 5.74) is -0.909. The number of hydrogen-bond donors (Lipinski definition) is 0. The van der Waals surface area contributed by atoms with Crippen LogP contribution in [0.4, 0.5) is 23.8 Å². The van der Waals surface area contributed by atoms with Gasteiger partial charge < -0.3 is 9.64 Å². The third-order valence-electron chi connectivity index (χ3n) is 5.80. The summed E-state index contributed by atoms with van der Waals surface area (Å²) in [6.07, 6.45) is -1.42. The van der Waals surface area contributed by atoms with Crippen LogP contribution in [0.15, 0.2) is 15.7 Å². The number of piperazine rings is 1. The van der Waals surface area contributed by atoms with Crippen LogP contribution < -0.4 is 10.2 Å². The van der Waals surface area contributed by atoms with Crippen LogP contribution in [0.1, 0.15) is 39.2 Å². The molecule has 2 aliphatic rings. The number of aromatic nitrogens is 2. The number of alkyl halides is 3. The molecule has 2 bridgehead atoms. The summed E-state index contributed by atoms with van der Waals surface area (Å²) in [5.74, 6) is 0.465. The first-order valence-electron chi connectivity index (χ1n) is 10.5. The Morgan fingerprint density at radius 1 is 1.21 bits per heavy atom. The number of carbonyl (C=O) groups excluding carboxylic acids is 1. The minimum absolute atomic E-state index is 0.0426. The van der Waals surface area contributed by atoms with Crippen LogP contribution in [-0.2, 0) is 10.9 Å². The average Bonchev–Trinajstić information content (AvgIpc) is 2.97. The lowest BCUT2D eigenvalue weighted by atomic mass is 10.1. The molecule has 0 saturated carbocycles. The Hall–Kier alpha value is -1.32. The van der Waals surface area contributed by atoms with E-state index in [1.54, 1.807) is 4.90 Å². The Labute approximate surface area is 205 Å². The summed E-state index contributed by atoms with van der Waals surface area (Å²) in [6, 6.07) is 0.942. The summed E-state index contributed by atoms with van der Waals surface area (Å²) in [5, 5.41) is 1.17. The van der Waals surface area contributed by atoms with Gasteiger partial charge >= 0.3 is 12.3 Å². The van der Waals surface area contributed by atoms with Gasteiger partial charge in [-0.2, -0.15) is 13.2 Å². The predicted octanol–water partition coefficient (Wildman–Crippen LogP) is 5.22. The molecule has 1 aromatic heterocycles. The van der Waals surface area contributed by atoms with Crippen LogP contribution in [-0.4, -0.2) is 58.0 Å². The maximum atomic E-state index is 13.7. The number of rotatable bonds is 2. The van der Waals surface area contributed by atoms with Gasteiger partial charge in [0.25, 0.3) is 0 Å². The van der Waals surface area contributed by atoms with Gasteiger partial charge in [0.2, 0.25) is 0 Å². The van der Waals surface area contributed by atoms with E-state index in [1.807, 2.05) is 31.9 Å². The average molecular weight is 565 g/mol. The lowest BCUT2D eigenvalue weighted by Crippen LogP contribution is -2.57. The largest absolute Gasteiger partial charge is 0.444 e. The second-order valence-electron chi connectivity index (χ2n) is 9.26. The van der Waals surface area contributed by atoms with Crippen molar-refractivity contribution in [3.63, 3.8) is 0 Å². The zero-order chi connectivity index (χ0) is 24.3. The molecule has 33 heavy (non-hydrogen) atoms. The van der Waals surface area contributed by atoms with Crippen molar-refractivity contribution < 1.29 is 22.7 Å². The van der Waals surface area contributed by atoms with Gasteiger partial charge in [-0.1, -0.05) is 11.8 Å². The van der Waals surface area contributed by atoms with E-state index in [1.165, 1.54) is 11.8 Å². The van der Waals surface area contributed by atoms with Crippen molar-refractivity contribution >= 4 is 65.1 Å². The maximum Gasteiger partial charge on any atom is 0.417 e. The van der Waals surface area contributed by atoms with Crippen molar-refractivity contribution in [2.75, 3.05) is 24.2 Å². The van der Waals surface area contributed by atoms with Crippen LogP contribution >= 0.6 is 36.9 Å². The molecule has 180 valence electrons. The van der Waals surface area contributed by atoms with Crippen LogP contribution in [0.5, 0.6) is 0 Å². The first-order chi connectivity index (χ1) is 15.3. The molecule has 2 fully saturated rings. The number of hydrogen-bond acceptors (Lipinski definition) is 6. The van der Waals surface area contributed by atoms with Crippen LogP contribution in [0.3, 0.4) is 0 Å². The molecule has 3 heterocycles. The Balaban J connectivity index is 1.76. The fourth-order valence-corrected chi connectivity index (χ4v) is 5.72. The van der Waals surface area contributed by atoms with Gasteiger partial charge in [0.1, 0.15) is 11.4 Å². The number of amides is 1. The highest BCUT2D eigenvalue weighted by molar-refractivity contribution is 9.10. The van der Waals surface area contributed by atoms with Crippen molar-refractivity contribution in [2.24, 2.45) is 0 Å². The van der Waals surface area contributed by atoms with Crippen molar-refractivity contribution in [2.45, 2.75) is 62.6 Å². The lowest BCUT2D eigenvalue weighted by molar-refractivity contribution is -0.138. The summed E-state index contributed by atoms with van der Waals surface area (Å²) >= 11 is 4.44. The Bertz CT molecular complexity index is 1100. The minimum atomic E-state index is -4.53. The van der Waals surface area contributed by atoms with Gasteiger partial charge in [-0.05, 0) is 61.9 Å². The van der Waals surface area contributed by atoms with Crippen molar-refractivity contribution in [3.8, 4) is 0 Å². The molecule has 0 radical (unpaired) electrons. The lowest BCUT2D eigenvalue weighted by Gasteiger charge is -2.42. The number of anilines is 1. The fraction of sp³-hybridized carbons (Fsp3) is 0.571. The molecule has 3 unspecified atom stereocenters. The van der Waals surface area contributed by atoms with E-state index in [4.69, 9.17) is 4.74 Å². The van der Waals surface area contributed by atoms with Gasteiger partial charge in [0, 0.05) is 28.3 Å². The van der Waals surface area contributed by atoms with E-state index < -0.39 is 17.3 Å². The highest BCUT2D eigenvalue weighted by Crippen LogP contribution is 2.41. The van der Waals surface area contributed by atoms with E-state index >= 15 is 0 Å². The molecule has 0 spiro atoms. The van der Waals surface area contributed by atoms with Crippen molar-refractivity contribution in [3.05, 3.63) is 16.1 Å². The van der Waals surface area contributed by atoms with Crippen LogP contribution in [0.25, 0.3) is 10.9 Å². The highest BCUT2D eigenvalue weighted by Gasteiger charge is 2.45. The molecule has 0 N–H and O–H groups in total. The zero-order valence-electron chi connectivity index (χ0n) is 18.7. The van der Waals surface area contributed by atoms with Gasteiger partial charge in [-0.3, -0.25) is 4.90 Å². The molecule has 3 atom stereocenters. The Morgan fingerprint density at radius 2 is 1.82 bits per heavy atom. The Kier molecular flexibility index (Phi) is 6.55. The first-order valence-corrected chi connectivity index (χ1v) is 13.1. The first kappa shape index (κ1) is 24.8. The summed E-state index contributed by atoms with van der Waals surface area (Å²) in [7, 11) is 2.37. The molecule has 2 aromatic rings. The second kappa shape index (κ2) is 8.72. The maximum absolute atomic E-state index is 13.7. The molecular formula is C21H25BrF3N4O2PS. The highest BCUT2D eigenvalue weighted by atomic mass is 79.9. The fourth-order valence-electron chi connectivity index (χ4n) is 4.46. The summed E-state index contributed by atoms with van der Waals surface area (Å²) in [6.45, 7) is 6.43. The van der Waals surface area contributed by atoms with Gasteiger partial charge in [0.05, 0.1) is 23.2 Å². The van der Waals surface area contributed by atoms with E-state index in [2.05, 4.69) is 35.1 Å². The van der Waals surface area contributed by atoms with E-state index in [0.717, 1.165) is 18.9 Å². The summed E-state index contributed by atoms with van der Waals surface area (Å²) < 4.78 is 46.7. The number of ether oxygens (including phenoxy) is 1. The smallest absolute Gasteiger partial charge is 0.417 e. The molecule has 1 aromatic carbocycles. The van der Waals surface area contributed by atoms with Gasteiger partial charge in [-0.25, -0.2) is 14.8 Å². The van der Waals surface area contributed by atoms with E-state index in [0.29, 0.717) is 40.3 Å². The number of nitrogens with zero attached hydrogens (tertiary/aromatic N) is 4. The van der Waals surface area contributed by atoms with Crippen LogP contribution in [0.2, 0.25) is 0 Å². The van der Waals surface area contributed by atoms with E-state index in [9.17, 15) is 18.0 Å². The SMILES string of the molecule is CSc1nc(N2CC3CCC(C2)N3C(=O)OC(C)(C)C)c2cc(C(F)(F)F)c(Br)c(P)c2n1. The predicted molar refractivity (Wildman–Crippen MR) is 130 cm³/mol.